The number of hydrogen-bond donors (Lipinski definition) is 0. The zero-order chi connectivity index (χ0) is 21.3. The lowest BCUT2D eigenvalue weighted by atomic mass is 9.85. The van der Waals surface area contributed by atoms with Crippen LogP contribution in [0.15, 0.2) is 18.2 Å². The maximum atomic E-state index is 14.7. The van der Waals surface area contributed by atoms with Crippen molar-refractivity contribution in [2.24, 2.45) is 5.92 Å². The molecular weight excluding hydrogens is 383 g/mol. The molecule has 1 heterocycles. The Bertz CT molecular complexity index is 661. The Kier molecular flexibility index (Phi) is 9.13. The van der Waals surface area contributed by atoms with Crippen LogP contribution in [0.3, 0.4) is 0 Å². The van der Waals surface area contributed by atoms with E-state index in [1.54, 1.807) is 12.1 Å². The van der Waals surface area contributed by atoms with Gasteiger partial charge in [-0.3, -0.25) is 0 Å². The van der Waals surface area contributed by atoms with Crippen molar-refractivity contribution in [3.63, 3.8) is 0 Å². The monoisotopic (exact) mass is 420 g/mol. The highest BCUT2D eigenvalue weighted by Crippen LogP contribution is 2.31. The van der Waals surface area contributed by atoms with Gasteiger partial charge in [-0.25, -0.2) is 9.18 Å². The first-order chi connectivity index (χ1) is 14.6. The second-order valence-electron chi connectivity index (χ2n) is 8.85. The van der Waals surface area contributed by atoms with Crippen molar-refractivity contribution in [3.8, 4) is 0 Å². The molecule has 5 heteroatoms. The predicted molar refractivity (Wildman–Crippen MR) is 115 cm³/mol. The average molecular weight is 421 g/mol. The minimum Gasteiger partial charge on any atom is -0.459 e. The van der Waals surface area contributed by atoms with Crippen LogP contribution in [0.5, 0.6) is 0 Å². The van der Waals surface area contributed by atoms with Gasteiger partial charge in [0.05, 0.1) is 24.9 Å². The Balaban J connectivity index is 1.49. The third-order valence-electron chi connectivity index (χ3n) is 6.44. The highest BCUT2D eigenvalue weighted by molar-refractivity contribution is 5.89. The second-order valence-corrected chi connectivity index (χ2v) is 8.85. The standard InChI is InChI=1S/C25H37FO4/c1-3-5-6-8-21-16-29-24(17-28-21)22-14-11-19(15-23(22)26)25(27)30-20-12-9-18(7-4-2)10-13-20/h11,14-15,18,20-21,24H,3-10,12-13,16-17H2,1-2H3/t18?,20?,21-,24-/m1/s1. The van der Waals surface area contributed by atoms with Gasteiger partial charge >= 0.3 is 5.97 Å². The number of carbonyl (C=O) groups is 1. The van der Waals surface area contributed by atoms with E-state index in [-0.39, 0.29) is 17.8 Å². The van der Waals surface area contributed by atoms with Crippen LogP contribution in [-0.4, -0.2) is 31.4 Å². The molecule has 1 aromatic rings. The summed E-state index contributed by atoms with van der Waals surface area (Å²) >= 11 is 0. The van der Waals surface area contributed by atoms with Crippen LogP contribution in [0.25, 0.3) is 0 Å². The molecule has 168 valence electrons. The van der Waals surface area contributed by atoms with Crippen LogP contribution in [0, 0.1) is 11.7 Å². The molecule has 1 saturated heterocycles. The van der Waals surface area contributed by atoms with E-state index in [2.05, 4.69) is 13.8 Å². The van der Waals surface area contributed by atoms with Gasteiger partial charge in [0.1, 0.15) is 18.0 Å². The molecule has 4 nitrogen and oxygen atoms in total. The van der Waals surface area contributed by atoms with E-state index in [1.807, 2.05) is 0 Å². The fraction of sp³-hybridized carbons (Fsp3) is 0.720. The van der Waals surface area contributed by atoms with Crippen LogP contribution in [-0.2, 0) is 14.2 Å². The lowest BCUT2D eigenvalue weighted by Crippen LogP contribution is -2.31. The number of rotatable bonds is 9. The minimum atomic E-state index is -0.436. The molecule has 2 atom stereocenters. The first-order valence-electron chi connectivity index (χ1n) is 11.8. The topological polar surface area (TPSA) is 44.8 Å². The summed E-state index contributed by atoms with van der Waals surface area (Å²) in [6, 6.07) is 4.55. The molecule has 0 N–H and O–H groups in total. The zero-order valence-electron chi connectivity index (χ0n) is 18.5. The third kappa shape index (κ3) is 6.52. The van der Waals surface area contributed by atoms with Crippen LogP contribution < -0.4 is 0 Å². The molecule has 0 unspecified atom stereocenters. The van der Waals surface area contributed by atoms with E-state index in [9.17, 15) is 9.18 Å². The lowest BCUT2D eigenvalue weighted by molar-refractivity contribution is -0.138. The molecule has 1 aliphatic heterocycles. The molecule has 0 radical (unpaired) electrons. The van der Waals surface area contributed by atoms with E-state index in [0.717, 1.165) is 44.4 Å². The molecule has 0 spiro atoms. The first kappa shape index (κ1) is 23.2. The molecule has 2 aliphatic rings. The van der Waals surface area contributed by atoms with E-state index >= 15 is 0 Å². The maximum Gasteiger partial charge on any atom is 0.338 e. The smallest absolute Gasteiger partial charge is 0.338 e. The van der Waals surface area contributed by atoms with Crippen LogP contribution in [0.4, 0.5) is 4.39 Å². The Labute approximate surface area is 180 Å². The number of hydrogen-bond acceptors (Lipinski definition) is 4. The highest BCUT2D eigenvalue weighted by atomic mass is 19.1. The summed E-state index contributed by atoms with van der Waals surface area (Å²) in [7, 11) is 0. The number of esters is 1. The van der Waals surface area contributed by atoms with Crippen molar-refractivity contribution in [3.05, 3.63) is 35.1 Å². The molecule has 3 rings (SSSR count). The molecule has 2 fully saturated rings. The number of carbonyl (C=O) groups excluding carboxylic acids is 1. The molecule has 30 heavy (non-hydrogen) atoms. The number of unbranched alkanes of at least 4 members (excludes halogenated alkanes) is 2. The van der Waals surface area contributed by atoms with Gasteiger partial charge in [-0.1, -0.05) is 52.0 Å². The molecule has 0 bridgehead atoms. The van der Waals surface area contributed by atoms with Crippen molar-refractivity contribution in [2.75, 3.05) is 13.2 Å². The van der Waals surface area contributed by atoms with Gasteiger partial charge < -0.3 is 14.2 Å². The molecule has 1 aliphatic carbocycles. The van der Waals surface area contributed by atoms with Gasteiger partial charge in [-0.15, -0.1) is 0 Å². The Morgan fingerprint density at radius 1 is 1.03 bits per heavy atom. The van der Waals surface area contributed by atoms with Crippen molar-refractivity contribution < 1.29 is 23.4 Å². The fourth-order valence-electron chi connectivity index (χ4n) is 4.59. The molecule has 0 aromatic heterocycles. The minimum absolute atomic E-state index is 0.0481. The summed E-state index contributed by atoms with van der Waals surface area (Å²) in [5.74, 6) is -0.115. The van der Waals surface area contributed by atoms with E-state index in [4.69, 9.17) is 14.2 Å². The van der Waals surface area contributed by atoms with E-state index in [1.165, 1.54) is 31.7 Å². The number of ether oxygens (including phenoxy) is 3. The van der Waals surface area contributed by atoms with Gasteiger partial charge in [0.2, 0.25) is 0 Å². The Hall–Kier alpha value is -1.46. The Morgan fingerprint density at radius 3 is 2.47 bits per heavy atom. The summed E-state index contributed by atoms with van der Waals surface area (Å²) in [6.07, 6.45) is 10.6. The summed E-state index contributed by atoms with van der Waals surface area (Å²) < 4.78 is 32.1. The summed E-state index contributed by atoms with van der Waals surface area (Å²) in [5, 5.41) is 0. The SMILES string of the molecule is CCCCC[C@@H]1CO[C@@H](c2ccc(C(=O)OC3CCC(CCC)CC3)cc2F)CO1. The van der Waals surface area contributed by atoms with Gasteiger partial charge in [-0.05, 0) is 50.2 Å². The van der Waals surface area contributed by atoms with E-state index < -0.39 is 17.9 Å². The van der Waals surface area contributed by atoms with E-state index in [0.29, 0.717) is 18.8 Å². The third-order valence-corrected chi connectivity index (χ3v) is 6.44. The zero-order valence-corrected chi connectivity index (χ0v) is 18.5. The van der Waals surface area contributed by atoms with Gasteiger partial charge in [0.25, 0.3) is 0 Å². The Morgan fingerprint density at radius 2 is 1.83 bits per heavy atom. The summed E-state index contributed by atoms with van der Waals surface area (Å²) in [6.45, 7) is 5.21. The summed E-state index contributed by atoms with van der Waals surface area (Å²) in [5.41, 5.74) is 0.708. The normalized spacial score (nSPS) is 27.0. The molecular formula is C25H37FO4. The van der Waals surface area contributed by atoms with Crippen LogP contribution in [0.2, 0.25) is 0 Å². The highest BCUT2D eigenvalue weighted by Gasteiger charge is 2.27. The van der Waals surface area contributed by atoms with Gasteiger partial charge in [0, 0.05) is 5.56 Å². The molecule has 1 aromatic carbocycles. The maximum absolute atomic E-state index is 14.7. The lowest BCUT2D eigenvalue weighted by Gasteiger charge is -2.30. The molecule has 0 amide bonds. The van der Waals surface area contributed by atoms with Crippen LogP contribution >= 0.6 is 0 Å². The van der Waals surface area contributed by atoms with Crippen LogP contribution in [0.1, 0.15) is 100 Å². The second kappa shape index (κ2) is 11.8. The predicted octanol–water partition coefficient (Wildman–Crippen LogP) is 6.38. The number of halogens is 1. The summed E-state index contributed by atoms with van der Waals surface area (Å²) in [4.78, 5) is 12.5. The fourth-order valence-corrected chi connectivity index (χ4v) is 4.59. The largest absolute Gasteiger partial charge is 0.459 e. The quantitative estimate of drug-likeness (QED) is 0.343. The molecule has 1 saturated carbocycles. The van der Waals surface area contributed by atoms with Crippen molar-refractivity contribution in [1.29, 1.82) is 0 Å². The number of benzene rings is 1. The van der Waals surface area contributed by atoms with Gasteiger partial charge in [-0.2, -0.15) is 0 Å². The average Bonchev–Trinajstić information content (AvgIpc) is 2.76. The van der Waals surface area contributed by atoms with Crippen molar-refractivity contribution in [1.82, 2.24) is 0 Å². The first-order valence-corrected chi connectivity index (χ1v) is 11.8. The van der Waals surface area contributed by atoms with Gasteiger partial charge in [0.15, 0.2) is 0 Å². The van der Waals surface area contributed by atoms with Crippen molar-refractivity contribution in [2.45, 2.75) is 96.4 Å². The van der Waals surface area contributed by atoms with Crippen molar-refractivity contribution >= 4 is 5.97 Å².